The van der Waals surface area contributed by atoms with Crippen molar-refractivity contribution in [3.8, 4) is 0 Å². The molecule has 3 aliphatic heterocycles. The van der Waals surface area contributed by atoms with E-state index in [0.717, 1.165) is 0 Å². The summed E-state index contributed by atoms with van der Waals surface area (Å²) in [5, 5.41) is 99.4. The normalized spacial score (nSPS) is 51.1. The van der Waals surface area contributed by atoms with Gasteiger partial charge in [-0.15, -0.1) is 0 Å². The summed E-state index contributed by atoms with van der Waals surface area (Å²) < 4.78 is 25.4. The third-order valence-electron chi connectivity index (χ3n) is 5.99. The van der Waals surface area contributed by atoms with Gasteiger partial charge in [-0.05, 0) is 6.92 Å². The van der Waals surface area contributed by atoms with Crippen molar-refractivity contribution in [3.63, 3.8) is 0 Å². The Morgan fingerprint density at radius 1 is 0.571 bits per heavy atom. The van der Waals surface area contributed by atoms with E-state index in [-0.39, 0.29) is 0 Å². The molecule has 3 saturated heterocycles. The molecule has 0 amide bonds. The zero-order chi connectivity index (χ0) is 26.4. The minimum Gasteiger partial charge on any atom is -0.479 e. The van der Waals surface area contributed by atoms with Crippen LogP contribution in [0.3, 0.4) is 0 Å². The zero-order valence-electron chi connectivity index (χ0n) is 18.0. The van der Waals surface area contributed by atoms with E-state index in [2.05, 4.69) is 0 Å². The van der Waals surface area contributed by atoms with Crippen molar-refractivity contribution in [2.75, 3.05) is 0 Å². The van der Waals surface area contributed by atoms with Crippen molar-refractivity contribution < 1.29 is 84.3 Å². The second-order valence-corrected chi connectivity index (χ2v) is 8.39. The number of aliphatic hydroxyl groups excluding tert-OH is 8. The van der Waals surface area contributed by atoms with E-state index in [1.807, 2.05) is 0 Å². The van der Waals surface area contributed by atoms with Gasteiger partial charge in [0, 0.05) is 0 Å². The van der Waals surface area contributed by atoms with E-state index in [4.69, 9.17) is 28.8 Å². The summed E-state index contributed by atoms with van der Waals surface area (Å²) in [6.45, 7) is 1.35. The Hall–Kier alpha value is -1.58. The van der Waals surface area contributed by atoms with Crippen LogP contribution in [0.5, 0.6) is 0 Å². The smallest absolute Gasteiger partial charge is 0.335 e. The van der Waals surface area contributed by atoms with Crippen molar-refractivity contribution in [2.24, 2.45) is 0 Å². The van der Waals surface area contributed by atoms with Gasteiger partial charge in [0.15, 0.2) is 31.1 Å². The van der Waals surface area contributed by atoms with Crippen LogP contribution in [0.15, 0.2) is 0 Å². The highest BCUT2D eigenvalue weighted by Crippen LogP contribution is 2.32. The van der Waals surface area contributed by atoms with E-state index in [1.165, 1.54) is 6.92 Å². The quantitative estimate of drug-likeness (QED) is 0.157. The minimum absolute atomic E-state index is 1.00. The molecule has 0 aliphatic carbocycles. The fourth-order valence-electron chi connectivity index (χ4n) is 3.94. The van der Waals surface area contributed by atoms with Crippen LogP contribution in [0.1, 0.15) is 6.92 Å². The highest BCUT2D eigenvalue weighted by atomic mass is 16.8. The number of carboxylic acids is 2. The first-order chi connectivity index (χ1) is 16.3. The first-order valence-electron chi connectivity index (χ1n) is 10.4. The topological polar surface area (TPSA) is 283 Å². The monoisotopic (exact) mass is 516 g/mol. The molecule has 35 heavy (non-hydrogen) atoms. The molecule has 0 radical (unpaired) electrons. The van der Waals surface area contributed by atoms with Gasteiger partial charge in [0.2, 0.25) is 0 Å². The van der Waals surface area contributed by atoms with E-state index in [0.29, 0.717) is 0 Å². The number of aliphatic carboxylic acids is 2. The van der Waals surface area contributed by atoms with Crippen LogP contribution < -0.4 is 0 Å². The summed E-state index contributed by atoms with van der Waals surface area (Å²) in [4.78, 5) is 23.0. The highest BCUT2D eigenvalue weighted by Gasteiger charge is 2.55. The van der Waals surface area contributed by atoms with Gasteiger partial charge in [0.1, 0.15) is 54.9 Å². The van der Waals surface area contributed by atoms with Crippen molar-refractivity contribution in [2.45, 2.75) is 99.0 Å². The summed E-state index contributed by atoms with van der Waals surface area (Å²) in [6, 6.07) is 0. The summed E-state index contributed by atoms with van der Waals surface area (Å²) in [5.74, 6) is -3.53. The maximum absolute atomic E-state index is 11.8. The molecular weight excluding hydrogens is 488 g/mol. The van der Waals surface area contributed by atoms with Gasteiger partial charge >= 0.3 is 11.9 Å². The summed E-state index contributed by atoms with van der Waals surface area (Å²) >= 11 is 0. The van der Waals surface area contributed by atoms with Crippen molar-refractivity contribution in [1.29, 1.82) is 0 Å². The third-order valence-corrected chi connectivity index (χ3v) is 5.99. The summed E-state index contributed by atoms with van der Waals surface area (Å²) in [7, 11) is 0. The molecule has 0 bridgehead atoms. The predicted molar refractivity (Wildman–Crippen MR) is 101 cm³/mol. The Morgan fingerprint density at radius 3 is 1.57 bits per heavy atom. The molecule has 3 aliphatic rings. The van der Waals surface area contributed by atoms with Crippen LogP contribution in [-0.4, -0.2) is 155 Å². The fraction of sp³-hybridized carbons (Fsp3) is 0.889. The second-order valence-electron chi connectivity index (χ2n) is 8.39. The van der Waals surface area contributed by atoms with Gasteiger partial charge in [-0.2, -0.15) is 0 Å². The number of carbonyl (C=O) groups is 2. The Kier molecular flexibility index (Phi) is 8.65. The molecule has 0 saturated carbocycles. The van der Waals surface area contributed by atoms with Crippen LogP contribution >= 0.6 is 0 Å². The Bertz CT molecular complexity index is 765. The van der Waals surface area contributed by atoms with Crippen LogP contribution in [-0.2, 0) is 33.3 Å². The first kappa shape index (κ1) is 28.0. The molecule has 3 rings (SSSR count). The molecule has 0 spiro atoms. The number of carboxylic acid groups (broad SMARTS) is 2. The fourth-order valence-corrected chi connectivity index (χ4v) is 3.94. The molecule has 0 aromatic carbocycles. The number of hydrogen-bond donors (Lipinski definition) is 10. The Labute approximate surface area is 196 Å². The predicted octanol–water partition coefficient (Wildman–Crippen LogP) is -6.36. The maximum Gasteiger partial charge on any atom is 0.335 e. The molecule has 202 valence electrons. The Balaban J connectivity index is 1.77. The van der Waals surface area contributed by atoms with Crippen LogP contribution in [0, 0.1) is 0 Å². The average Bonchev–Trinajstić information content (AvgIpc) is 2.79. The van der Waals surface area contributed by atoms with Gasteiger partial charge in [0.05, 0.1) is 6.10 Å². The van der Waals surface area contributed by atoms with Gasteiger partial charge in [0.25, 0.3) is 0 Å². The minimum atomic E-state index is -2.17. The van der Waals surface area contributed by atoms with E-state index in [1.54, 1.807) is 0 Å². The van der Waals surface area contributed by atoms with Crippen LogP contribution in [0.25, 0.3) is 0 Å². The van der Waals surface area contributed by atoms with Crippen molar-refractivity contribution in [3.05, 3.63) is 0 Å². The van der Waals surface area contributed by atoms with Crippen LogP contribution in [0.2, 0.25) is 0 Å². The molecule has 10 N–H and O–H groups in total. The lowest BCUT2D eigenvalue weighted by Gasteiger charge is -2.46. The Morgan fingerprint density at radius 2 is 1.03 bits per heavy atom. The van der Waals surface area contributed by atoms with Gasteiger partial charge in [-0.3, -0.25) is 0 Å². The summed E-state index contributed by atoms with van der Waals surface area (Å²) in [6.07, 6.45) is -28.8. The first-order valence-corrected chi connectivity index (χ1v) is 10.4. The van der Waals surface area contributed by atoms with Gasteiger partial charge in [-0.25, -0.2) is 9.59 Å². The molecule has 17 heteroatoms. The number of ether oxygens (including phenoxy) is 5. The largest absolute Gasteiger partial charge is 0.479 e. The van der Waals surface area contributed by atoms with Crippen LogP contribution in [0.4, 0.5) is 0 Å². The molecule has 15 atom stereocenters. The molecule has 3 fully saturated rings. The molecule has 0 aromatic rings. The van der Waals surface area contributed by atoms with E-state index >= 15 is 0 Å². The second kappa shape index (κ2) is 10.8. The van der Waals surface area contributed by atoms with E-state index in [9.17, 15) is 55.5 Å². The third kappa shape index (κ3) is 5.42. The van der Waals surface area contributed by atoms with E-state index < -0.39 is 104 Å². The molecular formula is C18H28O17. The van der Waals surface area contributed by atoms with Crippen molar-refractivity contribution in [1.82, 2.24) is 0 Å². The summed E-state index contributed by atoms with van der Waals surface area (Å²) in [5.41, 5.74) is 0. The molecule has 17 nitrogen and oxygen atoms in total. The lowest BCUT2D eigenvalue weighted by atomic mass is 9.96. The number of hydrogen-bond acceptors (Lipinski definition) is 15. The molecule has 1 unspecified atom stereocenters. The van der Waals surface area contributed by atoms with Crippen molar-refractivity contribution >= 4 is 11.9 Å². The molecule has 0 aromatic heterocycles. The molecule has 3 heterocycles. The maximum atomic E-state index is 11.8. The highest BCUT2D eigenvalue weighted by molar-refractivity contribution is 5.74. The zero-order valence-corrected chi connectivity index (χ0v) is 18.0. The SMILES string of the molecule is C[C@@H]1OC(O)[C@H](O[C@H]2O[C@H](C(=O)O)[C@H](O[C@H]3O[C@H](C(=O)O)[C@H](O)[C@H](O)[C@H]3O)[C@H](O)[C@H]2O)[C@H](O)[C@H]1O. The lowest BCUT2D eigenvalue weighted by Crippen LogP contribution is -2.67. The standard InChI is InChI=1S/C18H28O17/c1-2-3(19)5(21)12(16(30)31-2)34-18-9(25)7(23)10(13(35-18)15(28)29)32-17-8(24)4(20)6(22)11(33-17)14(26)27/h2-13,16-25,30H,1H3,(H,26,27)(H,28,29)/t2-,3-,4-,5+,6+,7+,8+,9+,10+,11-,12+,13-,16?,17-,18-/m0/s1. The van der Waals surface area contributed by atoms with Gasteiger partial charge < -0.3 is 74.7 Å². The van der Waals surface area contributed by atoms with Gasteiger partial charge in [-0.1, -0.05) is 0 Å². The lowest BCUT2D eigenvalue weighted by molar-refractivity contribution is -0.373. The number of rotatable bonds is 6. The number of aliphatic hydroxyl groups is 8. The average molecular weight is 516 g/mol.